The molecule has 0 saturated heterocycles. The summed E-state index contributed by atoms with van der Waals surface area (Å²) in [5.74, 6) is 2.83. The van der Waals surface area contributed by atoms with Crippen molar-refractivity contribution in [3.8, 4) is 23.0 Å². The summed E-state index contributed by atoms with van der Waals surface area (Å²) in [6, 6.07) is 24.3. The van der Waals surface area contributed by atoms with E-state index in [2.05, 4.69) is 48.5 Å². The second-order valence-electron chi connectivity index (χ2n) is 24.5. The number of hydrogen-bond acceptors (Lipinski definition) is 12. The summed E-state index contributed by atoms with van der Waals surface area (Å²) in [7, 11) is 0. The molecule has 0 amide bonds. The molecule has 0 spiro atoms. The fourth-order valence-corrected chi connectivity index (χ4v) is 10.5. The van der Waals surface area contributed by atoms with E-state index >= 15 is 0 Å². The smallest absolute Gasteiger partial charge is 0.428 e. The van der Waals surface area contributed by atoms with Crippen LogP contribution in [0.4, 0.5) is 19.2 Å². The van der Waals surface area contributed by atoms with Crippen LogP contribution in [0, 0.1) is 39.5 Å². The highest BCUT2D eigenvalue weighted by Crippen LogP contribution is 2.53. The van der Waals surface area contributed by atoms with Gasteiger partial charge in [-0.3, -0.25) is 0 Å². The van der Waals surface area contributed by atoms with E-state index in [0.717, 1.165) is 102 Å². The van der Waals surface area contributed by atoms with Gasteiger partial charge in [0.1, 0.15) is 45.4 Å². The molecule has 4 aromatic carbocycles. The quantitative estimate of drug-likeness (QED) is 0.0848. The third kappa shape index (κ3) is 15.0. The molecular weight excluding hydrogens is 925 g/mol. The van der Waals surface area contributed by atoms with Crippen molar-refractivity contribution in [3.63, 3.8) is 0 Å². The Morgan fingerprint density at radius 1 is 0.384 bits per heavy atom. The first kappa shape index (κ1) is 56.3. The average molecular weight is 1010 g/mol. The van der Waals surface area contributed by atoms with Crippen LogP contribution in [0.15, 0.2) is 72.8 Å². The SMILES string of the molecule is Cc1cc(C2(c3ccc(OC(=O)OC(C)(C)C)c(C)c3)CCC(CC3CCC(c4ccc(OC(=O)OC(C)(C)C)c(C)c4)(c4ccc(OC(=O)OC(C)(C)C)c(C)c4)CC3)CC2)ccc1OC(=O)OC(C)(C)C. The molecule has 0 aromatic heterocycles. The molecule has 2 aliphatic carbocycles. The lowest BCUT2D eigenvalue weighted by molar-refractivity contribution is 0.0191. The van der Waals surface area contributed by atoms with E-state index in [1.807, 2.05) is 52.0 Å². The minimum absolute atomic E-state index is 0.350. The lowest BCUT2D eigenvalue weighted by Gasteiger charge is -2.45. The maximum atomic E-state index is 12.7. The van der Waals surface area contributed by atoms with E-state index in [4.69, 9.17) is 37.9 Å². The molecule has 2 fully saturated rings. The van der Waals surface area contributed by atoms with E-state index in [1.54, 1.807) is 83.1 Å². The number of carbonyl (C=O) groups is 4. The van der Waals surface area contributed by atoms with Gasteiger partial charge >= 0.3 is 24.6 Å². The summed E-state index contributed by atoms with van der Waals surface area (Å²) in [6.07, 6.45) is 5.81. The topological polar surface area (TPSA) is 142 Å². The van der Waals surface area contributed by atoms with Gasteiger partial charge in [-0.2, -0.15) is 0 Å². The maximum absolute atomic E-state index is 12.7. The zero-order valence-electron chi connectivity index (χ0n) is 46.3. The van der Waals surface area contributed by atoms with Crippen LogP contribution >= 0.6 is 0 Å². The number of benzene rings is 4. The molecular formula is C61H80O12. The van der Waals surface area contributed by atoms with Crippen LogP contribution in [-0.4, -0.2) is 47.0 Å². The predicted octanol–water partition coefficient (Wildman–Crippen LogP) is 16.2. The number of ether oxygens (including phenoxy) is 8. The van der Waals surface area contributed by atoms with Crippen molar-refractivity contribution in [2.24, 2.45) is 11.8 Å². The van der Waals surface area contributed by atoms with Crippen LogP contribution in [0.2, 0.25) is 0 Å². The highest BCUT2D eigenvalue weighted by molar-refractivity contribution is 5.68. The molecule has 0 radical (unpaired) electrons. The summed E-state index contributed by atoms with van der Waals surface area (Å²) in [6.45, 7) is 29.5. The van der Waals surface area contributed by atoms with Crippen LogP contribution in [-0.2, 0) is 29.8 Å². The van der Waals surface area contributed by atoms with E-state index in [1.165, 1.54) is 0 Å². The second kappa shape index (κ2) is 21.8. The van der Waals surface area contributed by atoms with Crippen LogP contribution in [0.3, 0.4) is 0 Å². The van der Waals surface area contributed by atoms with Gasteiger partial charge in [0.2, 0.25) is 0 Å². The fraction of sp³-hybridized carbons (Fsp3) is 0.541. The Balaban J connectivity index is 1.25. The first-order chi connectivity index (χ1) is 33.8. The monoisotopic (exact) mass is 1000 g/mol. The van der Waals surface area contributed by atoms with Gasteiger partial charge in [-0.15, -0.1) is 0 Å². The van der Waals surface area contributed by atoms with Crippen molar-refractivity contribution in [2.75, 3.05) is 0 Å². The zero-order chi connectivity index (χ0) is 53.9. The summed E-state index contributed by atoms with van der Waals surface area (Å²) < 4.78 is 44.6. The van der Waals surface area contributed by atoms with Crippen LogP contribution < -0.4 is 18.9 Å². The largest absolute Gasteiger partial charge is 0.514 e. The minimum Gasteiger partial charge on any atom is -0.428 e. The van der Waals surface area contributed by atoms with Crippen molar-refractivity contribution in [1.82, 2.24) is 0 Å². The van der Waals surface area contributed by atoms with Gasteiger partial charge in [-0.25, -0.2) is 19.2 Å². The van der Waals surface area contributed by atoms with Gasteiger partial charge in [0.15, 0.2) is 0 Å². The normalized spacial score (nSPS) is 16.4. The van der Waals surface area contributed by atoms with Gasteiger partial charge in [0.05, 0.1) is 0 Å². The minimum atomic E-state index is -0.745. The van der Waals surface area contributed by atoms with Crippen molar-refractivity contribution < 1.29 is 57.1 Å². The molecule has 0 bridgehead atoms. The molecule has 0 atom stereocenters. The molecule has 12 nitrogen and oxygen atoms in total. The zero-order valence-corrected chi connectivity index (χ0v) is 46.3. The Morgan fingerprint density at radius 3 is 0.767 bits per heavy atom. The van der Waals surface area contributed by atoms with Crippen molar-refractivity contribution in [2.45, 2.75) is 202 Å². The standard InChI is InChI=1S/C61H80O12/c1-38-33-44(17-21-48(38)66-52(62)70-56(5,6)7)60(45-18-22-49(39(2)34-45)67-53(63)71-57(8,9)10)29-25-42(26-30-60)37-43-27-31-61(32-28-43,46-19-23-50(40(3)35-46)68-54(64)72-58(11,12)13)47-20-24-51(41(4)36-47)69-55(65)73-59(14,15)16/h17-24,33-36,42-43H,25-32,37H2,1-16H3. The maximum Gasteiger partial charge on any atom is 0.514 e. The number of rotatable bonds is 10. The Kier molecular flexibility index (Phi) is 16.8. The summed E-state index contributed by atoms with van der Waals surface area (Å²) in [5.41, 5.74) is 4.42. The Morgan fingerprint density at radius 2 is 0.589 bits per heavy atom. The number of carbonyl (C=O) groups excluding carboxylic acids is 4. The molecule has 2 saturated carbocycles. The van der Waals surface area contributed by atoms with E-state index < -0.39 is 47.0 Å². The highest BCUT2D eigenvalue weighted by atomic mass is 16.7. The van der Waals surface area contributed by atoms with Gasteiger partial charge in [-0.05, 0) is 249 Å². The molecule has 0 aliphatic heterocycles. The summed E-state index contributed by atoms with van der Waals surface area (Å²) in [5, 5.41) is 0. The molecule has 0 unspecified atom stereocenters. The molecule has 0 heterocycles. The molecule has 6 rings (SSSR count). The number of aryl methyl sites for hydroxylation is 4. The Hall–Kier alpha value is -6.04. The third-order valence-electron chi connectivity index (χ3n) is 13.8. The van der Waals surface area contributed by atoms with E-state index in [-0.39, 0.29) is 10.8 Å². The third-order valence-corrected chi connectivity index (χ3v) is 13.8. The van der Waals surface area contributed by atoms with Crippen LogP contribution in [0.5, 0.6) is 23.0 Å². The van der Waals surface area contributed by atoms with Gasteiger partial charge in [-0.1, -0.05) is 48.5 Å². The average Bonchev–Trinajstić information content (AvgIpc) is 3.24. The molecule has 2 aliphatic rings. The van der Waals surface area contributed by atoms with Crippen LogP contribution in [0.25, 0.3) is 0 Å². The molecule has 396 valence electrons. The van der Waals surface area contributed by atoms with E-state index in [9.17, 15) is 19.2 Å². The summed E-state index contributed by atoms with van der Waals surface area (Å²) in [4.78, 5) is 50.8. The molecule has 0 N–H and O–H groups in total. The van der Waals surface area contributed by atoms with Crippen molar-refractivity contribution >= 4 is 24.6 Å². The first-order valence-electron chi connectivity index (χ1n) is 25.9. The molecule has 4 aromatic rings. The highest BCUT2D eigenvalue weighted by Gasteiger charge is 2.43. The van der Waals surface area contributed by atoms with Gasteiger partial charge in [0, 0.05) is 10.8 Å². The lowest BCUT2D eigenvalue weighted by atomic mass is 9.59. The van der Waals surface area contributed by atoms with Crippen molar-refractivity contribution in [1.29, 1.82) is 0 Å². The summed E-state index contributed by atoms with van der Waals surface area (Å²) >= 11 is 0. The van der Waals surface area contributed by atoms with Crippen molar-refractivity contribution in [3.05, 3.63) is 117 Å². The van der Waals surface area contributed by atoms with E-state index in [0.29, 0.717) is 34.8 Å². The molecule has 12 heteroatoms. The van der Waals surface area contributed by atoms with Gasteiger partial charge < -0.3 is 37.9 Å². The molecule has 73 heavy (non-hydrogen) atoms. The van der Waals surface area contributed by atoms with Gasteiger partial charge in [0.25, 0.3) is 0 Å². The van der Waals surface area contributed by atoms with Crippen LogP contribution in [0.1, 0.15) is 185 Å². The predicted molar refractivity (Wildman–Crippen MR) is 282 cm³/mol. The number of hydrogen-bond donors (Lipinski definition) is 0. The fourth-order valence-electron chi connectivity index (χ4n) is 10.5. The second-order valence-corrected chi connectivity index (χ2v) is 24.5. The lowest BCUT2D eigenvalue weighted by Crippen LogP contribution is -2.36. The first-order valence-corrected chi connectivity index (χ1v) is 25.9. The Labute approximate surface area is 434 Å². The Bertz CT molecular complexity index is 2290.